The van der Waals surface area contributed by atoms with Gasteiger partial charge in [0.25, 0.3) is 5.91 Å². The zero-order chi connectivity index (χ0) is 30.8. The third kappa shape index (κ3) is 4.32. The van der Waals surface area contributed by atoms with Crippen molar-refractivity contribution in [2.45, 2.75) is 63.0 Å². The first-order valence-corrected chi connectivity index (χ1v) is 14.4. The number of ketones is 3. The lowest BCUT2D eigenvalue weighted by Gasteiger charge is -2.50. The van der Waals surface area contributed by atoms with E-state index < -0.39 is 58.0 Å². The van der Waals surface area contributed by atoms with Crippen LogP contribution in [0.15, 0.2) is 23.0 Å². The molecule has 0 aromatic heterocycles. The van der Waals surface area contributed by atoms with E-state index in [4.69, 9.17) is 5.73 Å². The van der Waals surface area contributed by atoms with E-state index in [-0.39, 0.29) is 54.3 Å². The highest BCUT2D eigenvalue weighted by molar-refractivity contribution is 6.24. The van der Waals surface area contributed by atoms with Crippen molar-refractivity contribution in [1.29, 1.82) is 0 Å². The van der Waals surface area contributed by atoms with E-state index >= 15 is 0 Å². The fourth-order valence-corrected chi connectivity index (χ4v) is 7.65. The van der Waals surface area contributed by atoms with Gasteiger partial charge in [-0.15, -0.1) is 0 Å². The fourth-order valence-electron chi connectivity index (χ4n) is 7.65. The van der Waals surface area contributed by atoms with Crippen molar-refractivity contribution >= 4 is 34.7 Å². The van der Waals surface area contributed by atoms with E-state index in [9.17, 15) is 39.6 Å². The third-order valence-electron chi connectivity index (χ3n) is 9.71. The number of likely N-dealkylation sites (N-methyl/N-ethyl adjacent to an activating group) is 1. The van der Waals surface area contributed by atoms with Crippen molar-refractivity contribution < 1.29 is 39.6 Å². The van der Waals surface area contributed by atoms with E-state index in [0.717, 1.165) is 25.7 Å². The number of Topliss-reactive ketones (excluding diaryl/α,β-unsaturated/α-hetero) is 3. The molecule has 0 saturated heterocycles. The molecule has 0 radical (unpaired) electrons. The summed E-state index contributed by atoms with van der Waals surface area (Å²) in [4.78, 5) is 55.6. The fraction of sp³-hybridized carbons (Fsp3) is 0.548. The van der Waals surface area contributed by atoms with Gasteiger partial charge in [0.15, 0.2) is 11.4 Å². The average molecular weight is 582 g/mol. The van der Waals surface area contributed by atoms with Crippen LogP contribution in [0.25, 0.3) is 5.76 Å². The second-order valence-electron chi connectivity index (χ2n) is 12.6. The predicted molar refractivity (Wildman–Crippen MR) is 154 cm³/mol. The van der Waals surface area contributed by atoms with E-state index in [1.807, 2.05) is 19.0 Å². The number of anilines is 1. The Labute approximate surface area is 244 Å². The number of benzene rings is 1. The minimum atomic E-state index is -2.68. The smallest absolute Gasteiger partial charge is 0.255 e. The van der Waals surface area contributed by atoms with Crippen LogP contribution >= 0.6 is 0 Å². The molecule has 42 heavy (non-hydrogen) atoms. The number of carbonyl (C=O) groups excluding carboxylic acids is 4. The molecule has 11 nitrogen and oxygen atoms in total. The van der Waals surface area contributed by atoms with Crippen molar-refractivity contribution in [1.82, 2.24) is 4.90 Å². The third-order valence-corrected chi connectivity index (χ3v) is 9.71. The Morgan fingerprint density at radius 2 is 1.71 bits per heavy atom. The second kappa shape index (κ2) is 10.5. The van der Waals surface area contributed by atoms with Gasteiger partial charge in [-0.1, -0.05) is 12.8 Å². The summed E-state index contributed by atoms with van der Waals surface area (Å²) in [7, 11) is 6.76. The first-order chi connectivity index (χ1) is 19.7. The number of hydrogen-bond donors (Lipinski definition) is 5. The number of aryl methyl sites for hydroxylation is 1. The van der Waals surface area contributed by atoms with Gasteiger partial charge < -0.3 is 31.1 Å². The molecule has 1 aromatic rings. The molecule has 4 atom stereocenters. The van der Waals surface area contributed by atoms with Crippen LogP contribution in [0, 0.1) is 17.8 Å². The molecule has 0 bridgehead atoms. The van der Waals surface area contributed by atoms with Crippen molar-refractivity contribution in [2.75, 3.05) is 33.1 Å². The molecule has 0 aliphatic heterocycles. The van der Waals surface area contributed by atoms with Crippen molar-refractivity contribution in [2.24, 2.45) is 23.5 Å². The maximum Gasteiger partial charge on any atom is 0.255 e. The number of phenols is 1. The number of aliphatic hydroxyl groups excluding tert-OH is 2. The monoisotopic (exact) mass is 581 g/mol. The highest BCUT2D eigenvalue weighted by Gasteiger charge is 2.64. The lowest BCUT2D eigenvalue weighted by atomic mass is 9.57. The Hall–Kier alpha value is -3.70. The summed E-state index contributed by atoms with van der Waals surface area (Å²) in [5.74, 6) is -6.61. The molecule has 2 saturated carbocycles. The predicted octanol–water partition coefficient (Wildman–Crippen LogP) is 1.72. The number of carbonyl (C=O) groups is 4. The van der Waals surface area contributed by atoms with Crippen LogP contribution in [0.1, 0.15) is 55.2 Å². The Bertz CT molecular complexity index is 1450. The Morgan fingerprint density at radius 1 is 1.07 bits per heavy atom. The molecule has 2 fully saturated rings. The number of hydrogen-bond acceptors (Lipinski definition) is 10. The maximum atomic E-state index is 14.1. The molecular formula is C31H39N3O8. The molecule has 1 aromatic carbocycles. The van der Waals surface area contributed by atoms with Gasteiger partial charge in [-0.05, 0) is 69.3 Å². The SMILES string of the molecule is CN(C)c1cc(CCC(=O)C2CCCC2)c(O)c2c1C[C@H]1C[C@H]3[C@H](N(C)C)C(=O)C(C(N)=O)=C(O)[C@@]3(O)C(=O)C1=C2O. The summed E-state index contributed by atoms with van der Waals surface area (Å²) in [5, 5.41) is 45.8. The van der Waals surface area contributed by atoms with E-state index in [0.29, 0.717) is 16.8 Å². The van der Waals surface area contributed by atoms with Gasteiger partial charge in [-0.25, -0.2) is 0 Å². The van der Waals surface area contributed by atoms with Gasteiger partial charge in [0, 0.05) is 43.6 Å². The van der Waals surface area contributed by atoms with Crippen LogP contribution in [-0.2, 0) is 32.0 Å². The van der Waals surface area contributed by atoms with Gasteiger partial charge in [0.05, 0.1) is 11.6 Å². The van der Waals surface area contributed by atoms with Gasteiger partial charge >= 0.3 is 0 Å². The topological polar surface area (TPSA) is 182 Å². The van der Waals surface area contributed by atoms with E-state index in [1.165, 1.54) is 4.90 Å². The summed E-state index contributed by atoms with van der Waals surface area (Å²) in [6.45, 7) is 0. The highest BCUT2D eigenvalue weighted by atomic mass is 16.3. The number of aliphatic hydroxyl groups is 3. The van der Waals surface area contributed by atoms with Crippen LogP contribution in [0.3, 0.4) is 0 Å². The molecule has 6 N–H and O–H groups in total. The largest absolute Gasteiger partial charge is 0.508 e. The molecule has 4 aliphatic carbocycles. The van der Waals surface area contributed by atoms with Crippen molar-refractivity contribution in [3.8, 4) is 5.75 Å². The Kier molecular flexibility index (Phi) is 7.47. The zero-order valence-corrected chi connectivity index (χ0v) is 24.4. The number of primary amides is 1. The van der Waals surface area contributed by atoms with Crippen LogP contribution in [0.2, 0.25) is 0 Å². The number of nitrogens with zero attached hydrogens (tertiary/aromatic N) is 2. The number of fused-ring (bicyclic) bond motifs is 3. The number of nitrogens with two attached hydrogens (primary N) is 1. The molecule has 4 aliphatic rings. The summed E-state index contributed by atoms with van der Waals surface area (Å²) in [6, 6.07) is 0.666. The number of phenolic OH excluding ortho intramolecular Hbond substituents is 1. The molecule has 0 heterocycles. The molecule has 0 spiro atoms. The summed E-state index contributed by atoms with van der Waals surface area (Å²) < 4.78 is 0. The van der Waals surface area contributed by atoms with Crippen molar-refractivity contribution in [3.05, 3.63) is 39.7 Å². The normalized spacial score (nSPS) is 27.7. The van der Waals surface area contributed by atoms with Crippen LogP contribution in [-0.4, -0.2) is 88.4 Å². The number of amides is 1. The molecule has 0 unspecified atom stereocenters. The second-order valence-corrected chi connectivity index (χ2v) is 12.6. The van der Waals surface area contributed by atoms with Gasteiger partial charge in [0.2, 0.25) is 5.78 Å². The van der Waals surface area contributed by atoms with E-state index in [2.05, 4.69) is 0 Å². The lowest BCUT2D eigenvalue weighted by molar-refractivity contribution is -0.153. The molecule has 226 valence electrons. The molecule has 11 heteroatoms. The lowest BCUT2D eigenvalue weighted by Crippen LogP contribution is -2.65. The Morgan fingerprint density at radius 3 is 2.29 bits per heavy atom. The Balaban J connectivity index is 1.63. The van der Waals surface area contributed by atoms with Gasteiger partial charge in [-0.3, -0.25) is 24.1 Å². The first kappa shape index (κ1) is 29.8. The average Bonchev–Trinajstić information content (AvgIpc) is 3.45. The number of rotatable bonds is 7. The van der Waals surface area contributed by atoms with Crippen LogP contribution < -0.4 is 10.6 Å². The maximum absolute atomic E-state index is 14.1. The van der Waals surface area contributed by atoms with Gasteiger partial charge in [-0.2, -0.15) is 0 Å². The van der Waals surface area contributed by atoms with Crippen molar-refractivity contribution in [3.63, 3.8) is 0 Å². The standard InChI is InChI=1S/C31H39N3O8/c1-33(2)19-13-15(9-10-20(35)14-7-5-6-8-14)25(36)22-17(19)11-16-12-18-24(34(3)4)27(38)23(30(32)41)29(40)31(18,42)28(39)21(16)26(22)37/h13-14,16,18,24,36-37,40,42H,5-12H2,1-4H3,(H2,32,41)/t16-,18-,24-,31-/m0/s1. The highest BCUT2D eigenvalue weighted by Crippen LogP contribution is 2.54. The summed E-state index contributed by atoms with van der Waals surface area (Å²) in [6.07, 6.45) is 4.52. The first-order valence-electron chi connectivity index (χ1n) is 14.4. The van der Waals surface area contributed by atoms with Gasteiger partial charge in [0.1, 0.15) is 28.6 Å². The quantitative estimate of drug-likeness (QED) is 0.297. The molecule has 1 amide bonds. The summed E-state index contributed by atoms with van der Waals surface area (Å²) >= 11 is 0. The number of aromatic hydroxyl groups is 1. The molecular weight excluding hydrogens is 542 g/mol. The van der Waals surface area contributed by atoms with E-state index in [1.54, 1.807) is 20.2 Å². The minimum absolute atomic E-state index is 0.0248. The van der Waals surface area contributed by atoms with Crippen LogP contribution in [0.5, 0.6) is 5.75 Å². The minimum Gasteiger partial charge on any atom is -0.508 e. The zero-order valence-electron chi connectivity index (χ0n) is 24.4. The summed E-state index contributed by atoms with van der Waals surface area (Å²) in [5.41, 5.74) is 3.45. The molecule has 5 rings (SSSR count). The van der Waals surface area contributed by atoms with Crippen LogP contribution in [0.4, 0.5) is 5.69 Å².